The fourth-order valence-corrected chi connectivity index (χ4v) is 6.70. The van der Waals surface area contributed by atoms with Gasteiger partial charge in [0.15, 0.2) is 0 Å². The van der Waals surface area contributed by atoms with Crippen LogP contribution in [0.3, 0.4) is 0 Å². The summed E-state index contributed by atoms with van der Waals surface area (Å²) in [7, 11) is 0. The molecular weight excluding hydrogens is 609 g/mol. The Morgan fingerprint density at radius 1 is 0.622 bits per heavy atom. The molecule has 0 saturated carbocycles. The van der Waals surface area contributed by atoms with Crippen LogP contribution in [0.1, 0.15) is 88.0 Å². The first-order valence-corrected chi connectivity index (χ1v) is 16.0. The van der Waals surface area contributed by atoms with Gasteiger partial charge in [-0.2, -0.15) is 0 Å². The van der Waals surface area contributed by atoms with Crippen molar-refractivity contribution in [1.82, 2.24) is 5.32 Å². The summed E-state index contributed by atoms with van der Waals surface area (Å²) in [6.45, 7) is 10.3. The van der Waals surface area contributed by atoms with Crippen molar-refractivity contribution in [1.29, 1.82) is 0 Å². The molecule has 4 aromatic carbocycles. The molecule has 2 aliphatic heterocycles. The van der Waals surface area contributed by atoms with Gasteiger partial charge in [-0.25, -0.2) is 4.90 Å². The van der Waals surface area contributed by atoms with Crippen LogP contribution in [0.25, 0.3) is 0 Å². The number of phenolic OH excluding ortho intramolecular Hbond substituents is 2. The second-order valence-corrected chi connectivity index (χ2v) is 13.9. The number of phenols is 2. The Hall–Kier alpha value is -4.54. The zero-order valence-electron chi connectivity index (χ0n) is 25.4. The van der Waals surface area contributed by atoms with Crippen LogP contribution in [0.4, 0.5) is 5.69 Å². The van der Waals surface area contributed by atoms with Crippen LogP contribution in [0.2, 0.25) is 0 Å². The second-order valence-electron chi connectivity index (χ2n) is 11.6. The van der Waals surface area contributed by atoms with E-state index in [0.29, 0.717) is 25.8 Å². The van der Waals surface area contributed by atoms with Gasteiger partial charge in [-0.15, -0.1) is 0 Å². The molecule has 0 atom stereocenters. The third-order valence-corrected chi connectivity index (χ3v) is 8.96. The predicted octanol–water partition coefficient (Wildman–Crippen LogP) is 7.80. The molecule has 0 spiro atoms. The number of rotatable bonds is 5. The van der Waals surface area contributed by atoms with Crippen LogP contribution in [-0.4, -0.2) is 33.8 Å². The van der Waals surface area contributed by atoms with Gasteiger partial charge < -0.3 is 10.2 Å². The summed E-state index contributed by atoms with van der Waals surface area (Å²) in [6.07, 6.45) is 1.25. The van der Waals surface area contributed by atoms with Crippen molar-refractivity contribution in [3.8, 4) is 11.5 Å². The minimum Gasteiger partial charge on any atom is -0.508 e. The molecule has 0 radical (unpaired) electrons. The molecule has 0 saturated heterocycles. The maximum absolute atomic E-state index is 13.5. The van der Waals surface area contributed by atoms with Crippen LogP contribution in [0.15, 0.2) is 92.4 Å². The van der Waals surface area contributed by atoms with Gasteiger partial charge in [0.1, 0.15) is 11.5 Å². The Morgan fingerprint density at radius 2 is 1.09 bits per heavy atom. The number of fused-ring (bicyclic) bond motifs is 2. The maximum Gasteiger partial charge on any atom is 0.266 e. The smallest absolute Gasteiger partial charge is 0.266 e. The molecule has 8 nitrogen and oxygen atoms in total. The quantitative estimate of drug-likeness (QED) is 0.189. The molecule has 45 heavy (non-hydrogen) atoms. The fourth-order valence-electron chi connectivity index (χ4n) is 4.91. The van der Waals surface area contributed by atoms with Crippen molar-refractivity contribution in [3.63, 3.8) is 0 Å². The van der Waals surface area contributed by atoms with Crippen molar-refractivity contribution in [2.45, 2.75) is 66.0 Å². The number of hydrogen-bond acceptors (Lipinski definition) is 8. The molecule has 4 amide bonds. The van der Waals surface area contributed by atoms with E-state index in [2.05, 4.69) is 19.2 Å². The Balaban J connectivity index is 0.00000128. The number of carbonyl (C=O) groups excluding carboxylic acids is 4. The van der Waals surface area contributed by atoms with E-state index in [4.69, 9.17) is 0 Å². The zero-order valence-corrected chi connectivity index (χ0v) is 27.1. The van der Waals surface area contributed by atoms with E-state index in [1.54, 1.807) is 60.7 Å². The lowest BCUT2D eigenvalue weighted by Crippen LogP contribution is -2.29. The summed E-state index contributed by atoms with van der Waals surface area (Å²) in [4.78, 5) is 54.6. The molecule has 0 unspecified atom stereocenters. The van der Waals surface area contributed by atoms with E-state index < -0.39 is 23.6 Å². The highest BCUT2D eigenvalue weighted by Crippen LogP contribution is 2.42. The van der Waals surface area contributed by atoms with Crippen LogP contribution >= 0.6 is 23.5 Å². The summed E-state index contributed by atoms with van der Waals surface area (Å²) in [6, 6.07) is 19.9. The first kappa shape index (κ1) is 31.9. The topological polar surface area (TPSA) is 124 Å². The Labute approximate surface area is 269 Å². The maximum atomic E-state index is 13.5. The Bertz CT molecular complexity index is 1880. The number of anilines is 1. The summed E-state index contributed by atoms with van der Waals surface area (Å²) >= 11 is 2.67. The van der Waals surface area contributed by atoms with Gasteiger partial charge in [0.2, 0.25) is 0 Å². The number of imide groups is 2. The molecule has 10 heteroatoms. The van der Waals surface area contributed by atoms with Gasteiger partial charge in [0.25, 0.3) is 23.6 Å². The van der Waals surface area contributed by atoms with Crippen LogP contribution in [-0.2, 0) is 5.41 Å². The molecule has 2 heterocycles. The lowest BCUT2D eigenvalue weighted by atomic mass is 9.86. The normalized spacial score (nSPS) is 13.8. The fraction of sp³-hybridized carbons (Fsp3) is 0.200. The highest BCUT2D eigenvalue weighted by atomic mass is 32.2. The highest BCUT2D eigenvalue weighted by Gasteiger charge is 2.38. The number of nitrogens with one attached hydrogen (secondary N) is 1. The van der Waals surface area contributed by atoms with Gasteiger partial charge >= 0.3 is 0 Å². The van der Waals surface area contributed by atoms with Crippen LogP contribution < -0.4 is 10.2 Å². The van der Waals surface area contributed by atoms with E-state index in [0.717, 1.165) is 15.4 Å². The third-order valence-electron chi connectivity index (χ3n) is 7.00. The first-order chi connectivity index (χ1) is 21.3. The third kappa shape index (κ3) is 6.34. The molecule has 0 aromatic heterocycles. The number of nitrogens with zero attached hydrogens (tertiary/aromatic N) is 1. The Kier molecular flexibility index (Phi) is 8.82. The molecule has 0 aliphatic carbocycles. The minimum atomic E-state index is -0.562. The van der Waals surface area contributed by atoms with Crippen molar-refractivity contribution in [2.24, 2.45) is 0 Å². The SMILES string of the molecule is CC(C)(C)c1cc(Sc2ccc(O)c(N3C(=O)c4ccc(Sc5ccc6c(c5)C(=O)NC6=O)cc4C3=O)c2)ccc1O.CCC. The van der Waals surface area contributed by atoms with Crippen molar-refractivity contribution in [3.05, 3.63) is 101 Å². The first-order valence-electron chi connectivity index (χ1n) is 14.4. The minimum absolute atomic E-state index is 0.0736. The summed E-state index contributed by atoms with van der Waals surface area (Å²) < 4.78 is 0. The average molecular weight is 641 g/mol. The number of amides is 4. The summed E-state index contributed by atoms with van der Waals surface area (Å²) in [5.41, 5.74) is 1.61. The lowest BCUT2D eigenvalue weighted by Gasteiger charge is -2.21. The molecule has 2 aliphatic rings. The number of carbonyl (C=O) groups is 4. The Morgan fingerprint density at radius 3 is 1.71 bits per heavy atom. The standard InChI is InChI=1S/C32H24N2O6S2.C3H8/c1-32(2,3)24-14-18(6-10-26(24)35)42-19-7-11-27(36)25(15-19)34-30(39)21-9-5-17(13-23(21)31(34)40)41-16-4-8-20-22(12-16)29(38)33-28(20)37;1-3-2/h4-15,35-36H,1-3H3,(H,33,37,38);3H2,1-2H3. The molecule has 3 N–H and O–H groups in total. The predicted molar refractivity (Wildman–Crippen MR) is 175 cm³/mol. The molecule has 4 aromatic rings. The van der Waals surface area contributed by atoms with E-state index in [9.17, 15) is 29.4 Å². The van der Waals surface area contributed by atoms with E-state index in [1.165, 1.54) is 36.0 Å². The van der Waals surface area contributed by atoms with Gasteiger partial charge in [0, 0.05) is 25.1 Å². The number of hydrogen-bond donors (Lipinski definition) is 3. The van der Waals surface area contributed by atoms with E-state index in [-0.39, 0.29) is 33.7 Å². The van der Waals surface area contributed by atoms with Crippen LogP contribution in [0.5, 0.6) is 11.5 Å². The number of benzene rings is 4. The molecular formula is C35H32N2O6S2. The van der Waals surface area contributed by atoms with E-state index >= 15 is 0 Å². The summed E-state index contributed by atoms with van der Waals surface area (Å²) in [5, 5.41) is 23.3. The van der Waals surface area contributed by atoms with Gasteiger partial charge in [-0.05, 0) is 78.2 Å². The largest absolute Gasteiger partial charge is 0.508 e. The van der Waals surface area contributed by atoms with Gasteiger partial charge in [-0.1, -0.05) is 64.6 Å². The average Bonchev–Trinajstić information content (AvgIpc) is 3.40. The van der Waals surface area contributed by atoms with Crippen molar-refractivity contribution in [2.75, 3.05) is 4.90 Å². The zero-order chi connectivity index (χ0) is 32.6. The molecule has 0 bridgehead atoms. The molecule has 0 fully saturated rings. The van der Waals surface area contributed by atoms with Gasteiger partial charge in [0.05, 0.1) is 27.9 Å². The van der Waals surface area contributed by atoms with E-state index in [1.807, 2.05) is 26.8 Å². The molecule has 6 rings (SSSR count). The van der Waals surface area contributed by atoms with Crippen molar-refractivity contribution >= 4 is 52.8 Å². The summed E-state index contributed by atoms with van der Waals surface area (Å²) in [5.74, 6) is -2.00. The molecule has 230 valence electrons. The van der Waals surface area contributed by atoms with Crippen LogP contribution in [0, 0.1) is 0 Å². The van der Waals surface area contributed by atoms with Gasteiger partial charge in [-0.3, -0.25) is 24.5 Å². The second kappa shape index (κ2) is 12.5. The highest BCUT2D eigenvalue weighted by molar-refractivity contribution is 7.99. The van der Waals surface area contributed by atoms with Crippen molar-refractivity contribution < 1.29 is 29.4 Å². The number of aromatic hydroxyl groups is 2. The lowest BCUT2D eigenvalue weighted by molar-refractivity contribution is 0.0874. The monoisotopic (exact) mass is 640 g/mol.